The molecule has 3 heteroatoms. The second-order valence-electron chi connectivity index (χ2n) is 5.30. The van der Waals surface area contributed by atoms with Crippen LogP contribution >= 0.6 is 0 Å². The van der Waals surface area contributed by atoms with Crippen LogP contribution in [0.15, 0.2) is 36.5 Å². The second kappa shape index (κ2) is 4.92. The standard InChI is InChI=1S/C16H19N3/c1-11-8-15(17)16(18-10-11)19-14-7-6-12-4-2-3-5-13(12)9-14/h2-5,8,10,14H,6-7,9,17H2,1H3,(H,18,19). The van der Waals surface area contributed by atoms with Crippen LogP contribution in [-0.2, 0) is 12.8 Å². The highest BCUT2D eigenvalue weighted by Crippen LogP contribution is 2.25. The van der Waals surface area contributed by atoms with E-state index in [0.29, 0.717) is 6.04 Å². The van der Waals surface area contributed by atoms with Crippen molar-refractivity contribution in [2.24, 2.45) is 0 Å². The first kappa shape index (κ1) is 12.0. The summed E-state index contributed by atoms with van der Waals surface area (Å²) < 4.78 is 0. The SMILES string of the molecule is Cc1cnc(NC2CCc3ccccc3C2)c(N)c1. The first-order valence-electron chi connectivity index (χ1n) is 6.78. The highest BCUT2D eigenvalue weighted by atomic mass is 15.0. The Bertz CT molecular complexity index is 592. The van der Waals surface area contributed by atoms with E-state index in [2.05, 4.69) is 34.6 Å². The van der Waals surface area contributed by atoms with Gasteiger partial charge in [0.05, 0.1) is 5.69 Å². The molecule has 1 aromatic heterocycles. The molecular formula is C16H19N3. The van der Waals surface area contributed by atoms with Gasteiger partial charge in [0.15, 0.2) is 0 Å². The largest absolute Gasteiger partial charge is 0.396 e. The minimum absolute atomic E-state index is 0.424. The topological polar surface area (TPSA) is 50.9 Å². The molecule has 0 amide bonds. The Morgan fingerprint density at radius 2 is 2.05 bits per heavy atom. The van der Waals surface area contributed by atoms with Crippen LogP contribution in [0.4, 0.5) is 11.5 Å². The molecule has 0 fully saturated rings. The van der Waals surface area contributed by atoms with E-state index < -0.39 is 0 Å². The Labute approximate surface area is 113 Å². The number of aryl methyl sites for hydroxylation is 2. The molecule has 0 saturated carbocycles. The molecule has 1 atom stereocenters. The monoisotopic (exact) mass is 253 g/mol. The third-order valence-electron chi connectivity index (χ3n) is 3.74. The summed E-state index contributed by atoms with van der Waals surface area (Å²) >= 11 is 0. The zero-order valence-electron chi connectivity index (χ0n) is 11.2. The van der Waals surface area contributed by atoms with Crippen LogP contribution in [0.25, 0.3) is 0 Å². The molecule has 1 aliphatic carbocycles. The van der Waals surface area contributed by atoms with Gasteiger partial charge in [0.1, 0.15) is 5.82 Å². The van der Waals surface area contributed by atoms with Gasteiger partial charge in [0.25, 0.3) is 0 Å². The Morgan fingerprint density at radius 1 is 1.26 bits per heavy atom. The van der Waals surface area contributed by atoms with Gasteiger partial charge >= 0.3 is 0 Å². The van der Waals surface area contributed by atoms with Gasteiger partial charge in [0, 0.05) is 12.2 Å². The van der Waals surface area contributed by atoms with Crippen molar-refractivity contribution in [2.45, 2.75) is 32.2 Å². The summed E-state index contributed by atoms with van der Waals surface area (Å²) in [4.78, 5) is 4.39. The van der Waals surface area contributed by atoms with Crippen molar-refractivity contribution < 1.29 is 0 Å². The summed E-state index contributed by atoms with van der Waals surface area (Å²) in [5.74, 6) is 0.815. The zero-order valence-corrected chi connectivity index (χ0v) is 11.2. The molecule has 0 saturated heterocycles. The number of rotatable bonds is 2. The van der Waals surface area contributed by atoms with E-state index in [4.69, 9.17) is 5.73 Å². The van der Waals surface area contributed by atoms with Crippen molar-refractivity contribution in [3.05, 3.63) is 53.2 Å². The predicted octanol–water partition coefficient (Wildman–Crippen LogP) is 2.94. The third-order valence-corrected chi connectivity index (χ3v) is 3.74. The van der Waals surface area contributed by atoms with E-state index in [-0.39, 0.29) is 0 Å². The van der Waals surface area contributed by atoms with Crippen LogP contribution in [0, 0.1) is 6.92 Å². The van der Waals surface area contributed by atoms with Crippen LogP contribution in [0.2, 0.25) is 0 Å². The van der Waals surface area contributed by atoms with Gasteiger partial charge in [0.2, 0.25) is 0 Å². The number of hydrogen-bond donors (Lipinski definition) is 2. The molecule has 19 heavy (non-hydrogen) atoms. The van der Waals surface area contributed by atoms with Crippen LogP contribution in [-0.4, -0.2) is 11.0 Å². The van der Waals surface area contributed by atoms with E-state index in [9.17, 15) is 0 Å². The maximum Gasteiger partial charge on any atom is 0.149 e. The Hall–Kier alpha value is -2.03. The number of nitrogen functional groups attached to an aromatic ring is 1. The number of nitrogens with two attached hydrogens (primary N) is 1. The molecule has 0 spiro atoms. The van der Waals surface area contributed by atoms with E-state index in [1.165, 1.54) is 11.1 Å². The van der Waals surface area contributed by atoms with Crippen LogP contribution < -0.4 is 11.1 Å². The molecule has 98 valence electrons. The smallest absolute Gasteiger partial charge is 0.149 e. The van der Waals surface area contributed by atoms with E-state index in [1.54, 1.807) is 0 Å². The highest BCUT2D eigenvalue weighted by molar-refractivity contribution is 5.62. The Balaban J connectivity index is 1.75. The molecular weight excluding hydrogens is 234 g/mol. The molecule has 0 radical (unpaired) electrons. The molecule has 1 aliphatic rings. The number of anilines is 2. The summed E-state index contributed by atoms with van der Waals surface area (Å²) in [6, 6.07) is 11.1. The lowest BCUT2D eigenvalue weighted by molar-refractivity contribution is 0.609. The average molecular weight is 253 g/mol. The number of pyridine rings is 1. The van der Waals surface area contributed by atoms with Gasteiger partial charge in [-0.25, -0.2) is 4.98 Å². The first-order valence-corrected chi connectivity index (χ1v) is 6.78. The van der Waals surface area contributed by atoms with E-state index >= 15 is 0 Å². The van der Waals surface area contributed by atoms with Crippen molar-refractivity contribution in [2.75, 3.05) is 11.1 Å². The number of benzene rings is 1. The lowest BCUT2D eigenvalue weighted by atomic mass is 9.88. The second-order valence-corrected chi connectivity index (χ2v) is 5.30. The van der Waals surface area contributed by atoms with Gasteiger partial charge in [-0.1, -0.05) is 24.3 Å². The van der Waals surface area contributed by atoms with Crippen molar-refractivity contribution in [3.8, 4) is 0 Å². The summed E-state index contributed by atoms with van der Waals surface area (Å²) in [5, 5.41) is 3.48. The minimum atomic E-state index is 0.424. The van der Waals surface area contributed by atoms with E-state index in [0.717, 1.165) is 36.3 Å². The van der Waals surface area contributed by atoms with Gasteiger partial charge in [-0.15, -0.1) is 0 Å². The first-order chi connectivity index (χ1) is 9.22. The third kappa shape index (κ3) is 2.55. The van der Waals surface area contributed by atoms with E-state index in [1.807, 2.05) is 19.2 Å². The molecule has 1 heterocycles. The maximum absolute atomic E-state index is 6.01. The average Bonchev–Trinajstić information content (AvgIpc) is 2.42. The summed E-state index contributed by atoms with van der Waals surface area (Å²) in [6.45, 7) is 2.00. The number of aromatic nitrogens is 1. The Morgan fingerprint density at radius 3 is 2.84 bits per heavy atom. The van der Waals surface area contributed by atoms with Gasteiger partial charge in [-0.3, -0.25) is 0 Å². The number of nitrogens with zero attached hydrogens (tertiary/aromatic N) is 1. The normalized spacial score (nSPS) is 17.8. The number of hydrogen-bond acceptors (Lipinski definition) is 3. The molecule has 3 N–H and O–H groups in total. The highest BCUT2D eigenvalue weighted by Gasteiger charge is 2.18. The van der Waals surface area contributed by atoms with Crippen LogP contribution in [0.3, 0.4) is 0 Å². The fraction of sp³-hybridized carbons (Fsp3) is 0.312. The van der Waals surface area contributed by atoms with Crippen LogP contribution in [0.5, 0.6) is 0 Å². The molecule has 1 aromatic carbocycles. The lowest BCUT2D eigenvalue weighted by Crippen LogP contribution is -2.28. The molecule has 3 rings (SSSR count). The lowest BCUT2D eigenvalue weighted by Gasteiger charge is -2.26. The summed E-state index contributed by atoms with van der Waals surface area (Å²) in [7, 11) is 0. The molecule has 0 aliphatic heterocycles. The molecule has 0 bridgehead atoms. The quantitative estimate of drug-likeness (QED) is 0.865. The van der Waals surface area contributed by atoms with Crippen LogP contribution in [0.1, 0.15) is 23.1 Å². The predicted molar refractivity (Wildman–Crippen MR) is 79.3 cm³/mol. The van der Waals surface area contributed by atoms with Gasteiger partial charge < -0.3 is 11.1 Å². The number of fused-ring (bicyclic) bond motifs is 1. The summed E-state index contributed by atoms with van der Waals surface area (Å²) in [6.07, 6.45) is 5.16. The zero-order chi connectivity index (χ0) is 13.2. The fourth-order valence-electron chi connectivity index (χ4n) is 2.73. The molecule has 1 unspecified atom stereocenters. The van der Waals surface area contributed by atoms with Crippen molar-refractivity contribution in [1.82, 2.24) is 4.98 Å². The molecule has 3 nitrogen and oxygen atoms in total. The van der Waals surface area contributed by atoms with Crippen molar-refractivity contribution in [1.29, 1.82) is 0 Å². The number of nitrogens with one attached hydrogen (secondary N) is 1. The fourth-order valence-corrected chi connectivity index (χ4v) is 2.73. The summed E-state index contributed by atoms with van der Waals surface area (Å²) in [5.41, 5.74) is 10.8. The van der Waals surface area contributed by atoms with Crippen molar-refractivity contribution in [3.63, 3.8) is 0 Å². The minimum Gasteiger partial charge on any atom is -0.396 e. The molecule has 2 aromatic rings. The van der Waals surface area contributed by atoms with Crippen molar-refractivity contribution >= 4 is 11.5 Å². The Kier molecular flexibility index (Phi) is 3.11. The van der Waals surface area contributed by atoms with Gasteiger partial charge in [-0.05, 0) is 48.9 Å². The maximum atomic E-state index is 6.01. The van der Waals surface area contributed by atoms with Gasteiger partial charge in [-0.2, -0.15) is 0 Å².